The van der Waals surface area contributed by atoms with Crippen LogP contribution in [-0.4, -0.2) is 37.0 Å². The van der Waals surface area contributed by atoms with Crippen LogP contribution < -0.4 is 4.74 Å². The summed E-state index contributed by atoms with van der Waals surface area (Å²) in [5.41, 5.74) is 3.44. The number of likely N-dealkylation sites (tertiary alicyclic amines) is 1. The normalized spacial score (nSPS) is 13.0. The number of hydrogen-bond acceptors (Lipinski definition) is 4. The molecule has 2 aromatic carbocycles. The summed E-state index contributed by atoms with van der Waals surface area (Å²) in [7, 11) is 1.38. The number of esters is 1. The molecular formula is C28H39NO4. The Bertz CT molecular complexity index is 881. The summed E-state index contributed by atoms with van der Waals surface area (Å²) >= 11 is 0. The molecule has 1 amide bonds. The molecule has 1 aliphatic heterocycles. The summed E-state index contributed by atoms with van der Waals surface area (Å²) in [6, 6.07) is 13.2. The number of methoxy groups -OCH3 is 1. The van der Waals surface area contributed by atoms with Crippen LogP contribution in [0.1, 0.15) is 85.2 Å². The number of nitrogens with zero attached hydrogens (tertiary/aromatic N) is 1. The SMILES string of the molecule is C=COc1cc(C(=O)N2CCC(c3ccc(C(=O)OC)cc3)CC2)ccc1CC.CC.CC. The van der Waals surface area contributed by atoms with Crippen LogP contribution >= 0.6 is 0 Å². The third kappa shape index (κ3) is 7.48. The van der Waals surface area contributed by atoms with Crippen molar-refractivity contribution in [1.82, 2.24) is 4.90 Å². The van der Waals surface area contributed by atoms with Crippen molar-refractivity contribution < 1.29 is 19.1 Å². The van der Waals surface area contributed by atoms with E-state index in [1.165, 1.54) is 18.9 Å². The predicted molar refractivity (Wildman–Crippen MR) is 135 cm³/mol. The molecule has 3 rings (SSSR count). The molecule has 33 heavy (non-hydrogen) atoms. The fraction of sp³-hybridized carbons (Fsp3) is 0.429. The van der Waals surface area contributed by atoms with E-state index in [-0.39, 0.29) is 11.9 Å². The van der Waals surface area contributed by atoms with Gasteiger partial charge < -0.3 is 14.4 Å². The number of aryl methyl sites for hydroxylation is 1. The number of ether oxygens (including phenoxy) is 2. The highest BCUT2D eigenvalue weighted by Crippen LogP contribution is 2.30. The maximum Gasteiger partial charge on any atom is 0.337 e. The number of hydrogen-bond donors (Lipinski definition) is 0. The maximum absolute atomic E-state index is 12.9. The molecule has 5 heteroatoms. The molecule has 0 unspecified atom stereocenters. The lowest BCUT2D eigenvalue weighted by Crippen LogP contribution is -2.37. The van der Waals surface area contributed by atoms with Gasteiger partial charge >= 0.3 is 5.97 Å². The Kier molecular flexibility index (Phi) is 12.6. The van der Waals surface area contributed by atoms with Gasteiger partial charge in [-0.1, -0.05) is 59.4 Å². The van der Waals surface area contributed by atoms with Crippen LogP contribution in [0.2, 0.25) is 0 Å². The van der Waals surface area contributed by atoms with Crippen molar-refractivity contribution in [2.45, 2.75) is 59.8 Å². The minimum absolute atomic E-state index is 0.0288. The van der Waals surface area contributed by atoms with Gasteiger partial charge in [0.15, 0.2) is 0 Å². The first-order chi connectivity index (χ1) is 16.1. The number of rotatable bonds is 6. The molecule has 2 aromatic rings. The van der Waals surface area contributed by atoms with Crippen molar-refractivity contribution in [3.05, 3.63) is 77.6 Å². The van der Waals surface area contributed by atoms with Crippen molar-refractivity contribution in [3.8, 4) is 5.75 Å². The van der Waals surface area contributed by atoms with Crippen LogP contribution in [0.5, 0.6) is 5.75 Å². The van der Waals surface area contributed by atoms with Crippen molar-refractivity contribution in [1.29, 1.82) is 0 Å². The smallest absolute Gasteiger partial charge is 0.337 e. The molecule has 1 fully saturated rings. The van der Waals surface area contributed by atoms with Crippen molar-refractivity contribution >= 4 is 11.9 Å². The zero-order chi connectivity index (χ0) is 24.8. The average molecular weight is 454 g/mol. The lowest BCUT2D eigenvalue weighted by Gasteiger charge is -2.32. The van der Waals surface area contributed by atoms with Gasteiger partial charge in [0.25, 0.3) is 5.91 Å². The maximum atomic E-state index is 12.9. The largest absolute Gasteiger partial charge is 0.465 e. The monoisotopic (exact) mass is 453 g/mol. The Balaban J connectivity index is 0.00000129. The molecule has 0 atom stereocenters. The molecule has 180 valence electrons. The van der Waals surface area contributed by atoms with E-state index in [4.69, 9.17) is 9.47 Å². The van der Waals surface area contributed by atoms with Gasteiger partial charge in [0.1, 0.15) is 5.75 Å². The quantitative estimate of drug-likeness (QED) is 0.364. The number of carbonyl (C=O) groups is 2. The van der Waals surface area contributed by atoms with E-state index < -0.39 is 0 Å². The second kappa shape index (κ2) is 14.9. The van der Waals surface area contributed by atoms with E-state index in [1.807, 2.05) is 56.9 Å². The first kappa shape index (κ1) is 28.0. The number of amides is 1. The van der Waals surface area contributed by atoms with E-state index >= 15 is 0 Å². The Hall–Kier alpha value is -3.08. The van der Waals surface area contributed by atoms with E-state index in [9.17, 15) is 9.59 Å². The Labute approximate surface area is 199 Å². The lowest BCUT2D eigenvalue weighted by atomic mass is 9.88. The average Bonchev–Trinajstić information content (AvgIpc) is 2.90. The molecule has 0 N–H and O–H groups in total. The molecule has 0 aliphatic carbocycles. The molecule has 0 radical (unpaired) electrons. The second-order valence-corrected chi connectivity index (χ2v) is 7.14. The third-order valence-corrected chi connectivity index (χ3v) is 5.49. The second-order valence-electron chi connectivity index (χ2n) is 7.14. The van der Waals surface area contributed by atoms with E-state index in [2.05, 4.69) is 13.5 Å². The summed E-state index contributed by atoms with van der Waals surface area (Å²) in [5.74, 6) is 0.772. The molecule has 0 aromatic heterocycles. The highest BCUT2D eigenvalue weighted by molar-refractivity contribution is 5.95. The van der Waals surface area contributed by atoms with Gasteiger partial charge in [-0.15, -0.1) is 0 Å². The molecule has 1 aliphatic rings. The topological polar surface area (TPSA) is 55.8 Å². The standard InChI is InChI=1S/C24H27NO4.2C2H6/c1-4-17-6-11-21(16-22(17)29-5-2)23(26)25-14-12-19(13-15-25)18-7-9-20(10-8-18)24(27)28-3;2*1-2/h5-11,16,19H,2,4,12-15H2,1,3H3;2*1-2H3. The molecule has 0 bridgehead atoms. The lowest BCUT2D eigenvalue weighted by molar-refractivity contribution is 0.0600. The van der Waals surface area contributed by atoms with Crippen LogP contribution in [-0.2, 0) is 11.2 Å². The van der Waals surface area contributed by atoms with Crippen LogP contribution in [0.25, 0.3) is 0 Å². The number of carbonyl (C=O) groups excluding carboxylic acids is 2. The summed E-state index contributed by atoms with van der Waals surface area (Å²) in [6.07, 6.45) is 4.01. The van der Waals surface area contributed by atoms with Crippen molar-refractivity contribution in [2.75, 3.05) is 20.2 Å². The minimum atomic E-state index is -0.328. The highest BCUT2D eigenvalue weighted by Gasteiger charge is 2.25. The van der Waals surface area contributed by atoms with Crippen molar-refractivity contribution in [3.63, 3.8) is 0 Å². The van der Waals surface area contributed by atoms with Gasteiger partial charge in [0.2, 0.25) is 0 Å². The van der Waals surface area contributed by atoms with Crippen LogP contribution in [0.15, 0.2) is 55.3 Å². The zero-order valence-corrected chi connectivity index (χ0v) is 21.0. The van der Waals surface area contributed by atoms with E-state index in [0.717, 1.165) is 24.8 Å². The van der Waals surface area contributed by atoms with E-state index in [0.29, 0.717) is 35.9 Å². The first-order valence-electron chi connectivity index (χ1n) is 11.9. The van der Waals surface area contributed by atoms with Gasteiger partial charge in [-0.25, -0.2) is 4.79 Å². The summed E-state index contributed by atoms with van der Waals surface area (Å²) in [6.45, 7) is 15.1. The Morgan fingerprint density at radius 2 is 1.58 bits per heavy atom. The van der Waals surface area contributed by atoms with Gasteiger partial charge in [0, 0.05) is 18.7 Å². The fourth-order valence-electron chi connectivity index (χ4n) is 3.79. The summed E-state index contributed by atoms with van der Waals surface area (Å²) in [5, 5.41) is 0. The van der Waals surface area contributed by atoms with Crippen LogP contribution in [0.4, 0.5) is 0 Å². The third-order valence-electron chi connectivity index (χ3n) is 5.49. The summed E-state index contributed by atoms with van der Waals surface area (Å²) < 4.78 is 10.2. The molecule has 0 saturated carbocycles. The number of piperidine rings is 1. The van der Waals surface area contributed by atoms with Gasteiger partial charge in [-0.3, -0.25) is 4.79 Å². The molecule has 0 spiro atoms. The molecular weight excluding hydrogens is 414 g/mol. The van der Waals surface area contributed by atoms with Gasteiger partial charge in [-0.2, -0.15) is 0 Å². The van der Waals surface area contributed by atoms with Crippen LogP contribution in [0, 0.1) is 0 Å². The zero-order valence-electron chi connectivity index (χ0n) is 21.0. The van der Waals surface area contributed by atoms with Crippen LogP contribution in [0.3, 0.4) is 0 Å². The summed E-state index contributed by atoms with van der Waals surface area (Å²) in [4.78, 5) is 26.4. The molecule has 1 saturated heterocycles. The highest BCUT2D eigenvalue weighted by atomic mass is 16.5. The number of benzene rings is 2. The molecule has 5 nitrogen and oxygen atoms in total. The van der Waals surface area contributed by atoms with Crippen molar-refractivity contribution in [2.24, 2.45) is 0 Å². The molecule has 1 heterocycles. The Morgan fingerprint density at radius 3 is 2.09 bits per heavy atom. The minimum Gasteiger partial charge on any atom is -0.465 e. The fourth-order valence-corrected chi connectivity index (χ4v) is 3.79. The first-order valence-corrected chi connectivity index (χ1v) is 11.9. The van der Waals surface area contributed by atoms with Gasteiger partial charge in [0.05, 0.1) is 18.9 Å². The predicted octanol–water partition coefficient (Wildman–Crippen LogP) is 6.63. The Morgan fingerprint density at radius 1 is 1.00 bits per heavy atom. The van der Waals surface area contributed by atoms with Gasteiger partial charge in [-0.05, 0) is 60.6 Å². The van der Waals surface area contributed by atoms with E-state index in [1.54, 1.807) is 18.2 Å².